The van der Waals surface area contributed by atoms with Crippen molar-refractivity contribution in [2.24, 2.45) is 84.2 Å². The largest absolute Gasteiger partial charge is 0.381 e. The first-order chi connectivity index (χ1) is 57.0. The van der Waals surface area contributed by atoms with Gasteiger partial charge >= 0.3 is 0 Å². The van der Waals surface area contributed by atoms with Crippen LogP contribution in [0.5, 0.6) is 0 Å². The van der Waals surface area contributed by atoms with Crippen LogP contribution < -0.4 is 16.0 Å². The van der Waals surface area contributed by atoms with Gasteiger partial charge in [0.15, 0.2) is 0 Å². The van der Waals surface area contributed by atoms with Crippen LogP contribution in [0.4, 0.5) is 0 Å². The second-order valence-electron chi connectivity index (χ2n) is 43.5. The predicted octanol–water partition coefficient (Wildman–Crippen LogP) is 17.3. The molecule has 10 heterocycles. The minimum atomic E-state index is -2.81. The van der Waals surface area contributed by atoms with E-state index in [4.69, 9.17) is 18.9 Å². The van der Waals surface area contributed by atoms with Crippen molar-refractivity contribution in [1.82, 2.24) is 30.7 Å². The topological polar surface area (TPSA) is 288 Å². The van der Waals surface area contributed by atoms with Gasteiger partial charge < -0.3 is 44.7 Å². The molecular weight excluding hydrogens is 1590 g/mol. The Labute approximate surface area is 757 Å². The molecule has 0 aliphatic carbocycles. The van der Waals surface area contributed by atoms with E-state index in [9.17, 15) is 56.4 Å². The van der Waals surface area contributed by atoms with E-state index in [1.807, 2.05) is 83.1 Å². The fourth-order valence-electron chi connectivity index (χ4n) is 17.6. The Balaban J connectivity index is 0.000000689. The number of carbonyl (C=O) groups is 10. The first-order valence-electron chi connectivity index (χ1n) is 47.9. The average Bonchev–Trinajstić information content (AvgIpc) is 0.773. The summed E-state index contributed by atoms with van der Waals surface area (Å²) in [7, 11) is 1.46. The Kier molecular flexibility index (Phi) is 51.8. The summed E-state index contributed by atoms with van der Waals surface area (Å²) in [6.07, 6.45) is 23.6. The Morgan fingerprint density at radius 2 is 0.734 bits per heavy atom. The number of morpholine rings is 1. The third kappa shape index (κ3) is 38.6. The quantitative estimate of drug-likeness (QED) is 0.102. The summed E-state index contributed by atoms with van der Waals surface area (Å²) in [6, 6.07) is 0.836. The van der Waals surface area contributed by atoms with Crippen LogP contribution in [0, 0.1) is 84.2 Å². The highest BCUT2D eigenvalue weighted by Crippen LogP contribution is 2.41. The summed E-state index contributed by atoms with van der Waals surface area (Å²) < 4.78 is 43.9. The molecule has 0 radical (unpaired) electrons. The molecule has 10 aliphatic rings. The Bertz CT molecular complexity index is 2940. The molecule has 124 heavy (non-hydrogen) atoms. The van der Waals surface area contributed by atoms with Crippen LogP contribution in [-0.2, 0) is 76.7 Å². The van der Waals surface area contributed by atoms with Crippen molar-refractivity contribution < 1.29 is 75.3 Å². The van der Waals surface area contributed by atoms with Crippen molar-refractivity contribution in [1.29, 1.82) is 0 Å². The molecule has 3 N–H and O–H groups in total. The second-order valence-corrected chi connectivity index (χ2v) is 45.8. The number of ketones is 10. The van der Waals surface area contributed by atoms with Gasteiger partial charge in [0, 0.05) is 107 Å². The van der Waals surface area contributed by atoms with Gasteiger partial charge in [0.05, 0.1) is 43.0 Å². The van der Waals surface area contributed by atoms with Crippen molar-refractivity contribution in [2.45, 2.75) is 366 Å². The van der Waals surface area contributed by atoms with Crippen LogP contribution in [0.2, 0.25) is 0 Å². The number of hydrogen-bond donors (Lipinski definition) is 3. The normalized spacial score (nSPS) is 24.0. The van der Waals surface area contributed by atoms with Gasteiger partial charge in [0.2, 0.25) is 0 Å². The fraction of sp³-hybridized carbons (Fsp3) is 0.901. The number of nitrogens with zero attached hydrogens (tertiary/aromatic N) is 3. The standard InChI is InChI=1S/2C11H21NO.3C10H19NO.C10H18O3S.3C10H18O2.C9H17NO2/c1-9(13)11(2,3)10-6-5-7-12(4)8-10;1-9(13)11(2,3)10-7-5-6-8-12(10)4;1-8(12)10(2,3)9-4-6-11-7-5-9;1-8(12)10(2,3)9-5-4-6-11-7-9;1-8(12)10(2,3)9-6-4-5-7-11-9;1-8(11)10(2,3)9-4-6-14(12,13)7-5-9;1-8(11)10(2,3)9-4-6-12-7-5-9;1-8(11)10(2,3)9-5-4-6-12-7-9;1-8(11)10(2,3)9-6-4-5-7-12-9;1-8(11)9(2,3)10-4-6-12-7-5-10/h2*10H,5-8H2,1-4H3;3*9,11H,4-7H2,1-3H3;9H,4-7H2,1-3H3;3*9H,4-7H2,1-3H3;4-7H2,1-3H3. The summed E-state index contributed by atoms with van der Waals surface area (Å²) in [4.78, 5) is 120. The number of Topliss-reactive ketones (excluding diaryl/α,β-unsaturated/α-hetero) is 10. The van der Waals surface area contributed by atoms with E-state index in [0.29, 0.717) is 89.2 Å². The first-order valence-corrected chi connectivity index (χ1v) is 49.8. The van der Waals surface area contributed by atoms with Crippen LogP contribution in [0.15, 0.2) is 0 Å². The Morgan fingerprint density at radius 3 is 1.14 bits per heavy atom. The number of likely N-dealkylation sites (tertiary alicyclic amines) is 2. The lowest BCUT2D eigenvalue weighted by Crippen LogP contribution is -2.53. The van der Waals surface area contributed by atoms with Gasteiger partial charge in [0.1, 0.15) is 67.7 Å². The number of piperidine rings is 5. The third-order valence-electron chi connectivity index (χ3n) is 31.9. The van der Waals surface area contributed by atoms with Crippen molar-refractivity contribution >= 4 is 67.7 Å². The minimum absolute atomic E-state index is 0.109. The second kappa shape index (κ2) is 54.3. The maximum Gasteiger partial charge on any atom is 0.150 e. The molecule has 10 saturated heterocycles. The molecule has 0 saturated carbocycles. The van der Waals surface area contributed by atoms with Crippen LogP contribution >= 0.6 is 0 Å². The van der Waals surface area contributed by atoms with Crippen molar-refractivity contribution in [3.05, 3.63) is 0 Å². The highest BCUT2D eigenvalue weighted by atomic mass is 32.2. The van der Waals surface area contributed by atoms with Gasteiger partial charge in [-0.3, -0.25) is 52.8 Å². The molecule has 0 aromatic rings. The van der Waals surface area contributed by atoms with Gasteiger partial charge in [0.25, 0.3) is 0 Å². The highest BCUT2D eigenvalue weighted by Gasteiger charge is 2.44. The molecule has 10 rings (SSSR count). The highest BCUT2D eigenvalue weighted by molar-refractivity contribution is 7.91. The van der Waals surface area contributed by atoms with Crippen molar-refractivity contribution in [2.75, 3.05) is 137 Å². The van der Waals surface area contributed by atoms with Crippen molar-refractivity contribution in [3.8, 4) is 0 Å². The van der Waals surface area contributed by atoms with Crippen molar-refractivity contribution in [3.63, 3.8) is 0 Å². The minimum Gasteiger partial charge on any atom is -0.381 e. The molecular formula is C101H188N6O16S. The van der Waals surface area contributed by atoms with Crippen LogP contribution in [0.3, 0.4) is 0 Å². The van der Waals surface area contributed by atoms with Crippen LogP contribution in [0.1, 0.15) is 343 Å². The SMILES string of the molecule is CC(=O)C(C)(C)C1CCCCN1.CC(=O)C(C)(C)C1CCCCN1C.CC(=O)C(C)(C)C1CCCCO1.CC(=O)C(C)(C)C1CCCN(C)C1.CC(=O)C(C)(C)C1CCCNC1.CC(=O)C(C)(C)C1CCCOC1.CC(=O)C(C)(C)C1CCNCC1.CC(=O)C(C)(C)C1CCOCC1.CC(=O)C(C)(C)C1CCS(=O)(=O)CC1.CC(=O)C(C)(C)N1CCOCC1. The summed E-state index contributed by atoms with van der Waals surface area (Å²) >= 11 is 0. The maximum atomic E-state index is 11.5. The summed E-state index contributed by atoms with van der Waals surface area (Å²) in [5, 5.41) is 10.1. The number of hydrogen-bond acceptors (Lipinski definition) is 22. The molecule has 6 unspecified atom stereocenters. The molecule has 0 aromatic carbocycles. The van der Waals surface area contributed by atoms with Crippen LogP contribution in [-0.4, -0.2) is 242 Å². The smallest absolute Gasteiger partial charge is 0.150 e. The van der Waals surface area contributed by atoms with E-state index in [-0.39, 0.29) is 101 Å². The number of rotatable bonds is 20. The van der Waals surface area contributed by atoms with E-state index < -0.39 is 9.84 Å². The monoisotopic (exact) mass is 1770 g/mol. The van der Waals surface area contributed by atoms with Gasteiger partial charge in [-0.05, 0) is 300 Å². The molecule has 0 amide bonds. The Hall–Kier alpha value is -3.75. The zero-order chi connectivity index (χ0) is 95.4. The van der Waals surface area contributed by atoms with Gasteiger partial charge in [-0.25, -0.2) is 8.42 Å². The number of nitrogens with one attached hydrogen (secondary N) is 3. The lowest BCUT2D eigenvalue weighted by Gasteiger charge is -2.41. The van der Waals surface area contributed by atoms with Gasteiger partial charge in [-0.15, -0.1) is 0 Å². The molecule has 6 atom stereocenters. The molecule has 10 aliphatic heterocycles. The van der Waals surface area contributed by atoms with E-state index in [2.05, 4.69) is 100 Å². The summed E-state index contributed by atoms with van der Waals surface area (Å²) in [5.41, 5.74) is -2.04. The lowest BCUT2D eigenvalue weighted by molar-refractivity contribution is -0.137. The lowest BCUT2D eigenvalue weighted by atomic mass is 9.72. The molecule has 22 nitrogen and oxygen atoms in total. The van der Waals surface area contributed by atoms with Crippen LogP contribution in [0.25, 0.3) is 0 Å². The Morgan fingerprint density at radius 1 is 0.315 bits per heavy atom. The van der Waals surface area contributed by atoms with E-state index in [0.717, 1.165) is 163 Å². The average molecular weight is 1770 g/mol. The van der Waals surface area contributed by atoms with E-state index >= 15 is 0 Å². The molecule has 0 bridgehead atoms. The van der Waals surface area contributed by atoms with Gasteiger partial charge in [-0.2, -0.15) is 0 Å². The van der Waals surface area contributed by atoms with Gasteiger partial charge in [-0.1, -0.05) is 137 Å². The third-order valence-corrected chi connectivity index (χ3v) is 33.6. The predicted molar refractivity (Wildman–Crippen MR) is 507 cm³/mol. The molecule has 724 valence electrons. The van der Waals surface area contributed by atoms with E-state index in [1.165, 1.54) is 70.8 Å². The molecule has 10 fully saturated rings. The summed E-state index contributed by atoms with van der Waals surface area (Å²) in [6.45, 7) is 73.4. The number of sulfone groups is 1. The molecule has 0 spiro atoms. The van der Waals surface area contributed by atoms with E-state index in [1.54, 1.807) is 69.2 Å². The first kappa shape index (κ1) is 118. The maximum absolute atomic E-state index is 11.5. The number of carbonyl (C=O) groups excluding carboxylic acids is 10. The zero-order valence-corrected chi connectivity index (χ0v) is 86.1. The summed E-state index contributed by atoms with van der Waals surface area (Å²) in [5.74, 6) is 6.07. The fourth-order valence-corrected chi connectivity index (χ4v) is 19.1. The zero-order valence-electron chi connectivity index (χ0n) is 85.3. The molecule has 23 heteroatoms. The molecule has 0 aromatic heterocycles. The number of ether oxygens (including phenoxy) is 4.